The van der Waals surface area contributed by atoms with Crippen LogP contribution in [0.4, 0.5) is 0 Å². The number of hydrogen-bond acceptors (Lipinski definition) is 4. The Labute approximate surface area is 174 Å². The van der Waals surface area contributed by atoms with E-state index in [1.807, 2.05) is 0 Å². The molecule has 0 bridgehead atoms. The van der Waals surface area contributed by atoms with Gasteiger partial charge >= 0.3 is 0 Å². The molecule has 0 fully saturated rings. The van der Waals surface area contributed by atoms with Gasteiger partial charge in [-0.2, -0.15) is 0 Å². The first-order valence-electron chi connectivity index (χ1n) is 8.69. The zero-order valence-corrected chi connectivity index (χ0v) is 17.2. The molecule has 28 heavy (non-hydrogen) atoms. The lowest BCUT2D eigenvalue weighted by molar-refractivity contribution is 0.0936. The second kappa shape index (κ2) is 10.8. The summed E-state index contributed by atoms with van der Waals surface area (Å²) in [6.45, 7) is 0.926. The van der Waals surface area contributed by atoms with Gasteiger partial charge < -0.3 is 20.1 Å². The fraction of sp³-hybridized carbons (Fsp3) is 0.300. The number of amides is 2. The normalized spacial score (nSPS) is 10.3. The molecule has 2 rings (SSSR count). The number of methoxy groups -OCH3 is 2. The standard InChI is InChI=1S/C20H22Cl2N2O4/c1-27-17-7-5-13(21)11-15(17)19(25)23-9-3-4-10-24-20(26)16-12-14(22)6-8-18(16)28-2/h5-8,11-12H,3-4,9-10H2,1-2H3,(H,23,25)(H,24,26). The Morgan fingerprint density at radius 2 is 1.18 bits per heavy atom. The van der Waals surface area contributed by atoms with Crippen molar-refractivity contribution in [2.24, 2.45) is 0 Å². The number of benzene rings is 2. The summed E-state index contributed by atoms with van der Waals surface area (Å²) < 4.78 is 10.4. The molecule has 2 aromatic rings. The molecule has 2 N–H and O–H groups in total. The lowest BCUT2D eigenvalue weighted by Crippen LogP contribution is -2.27. The predicted molar refractivity (Wildman–Crippen MR) is 110 cm³/mol. The SMILES string of the molecule is COc1ccc(Cl)cc1C(=O)NCCCCNC(=O)c1cc(Cl)ccc1OC. The van der Waals surface area contributed by atoms with E-state index in [4.69, 9.17) is 32.7 Å². The molecule has 0 saturated heterocycles. The molecule has 150 valence electrons. The third kappa shape index (κ3) is 6.04. The van der Waals surface area contributed by atoms with Crippen LogP contribution in [0, 0.1) is 0 Å². The molecular formula is C20H22Cl2N2O4. The molecule has 0 aliphatic heterocycles. The molecule has 6 nitrogen and oxygen atoms in total. The van der Waals surface area contributed by atoms with Crippen molar-refractivity contribution in [1.82, 2.24) is 10.6 Å². The van der Waals surface area contributed by atoms with E-state index < -0.39 is 0 Å². The van der Waals surface area contributed by atoms with Crippen molar-refractivity contribution in [3.8, 4) is 11.5 Å². The fourth-order valence-corrected chi connectivity index (χ4v) is 2.90. The first kappa shape index (κ1) is 21.9. The van der Waals surface area contributed by atoms with Gasteiger partial charge in [-0.3, -0.25) is 9.59 Å². The van der Waals surface area contributed by atoms with E-state index in [9.17, 15) is 9.59 Å². The van der Waals surface area contributed by atoms with Gasteiger partial charge in [0.25, 0.3) is 11.8 Å². The lowest BCUT2D eigenvalue weighted by Gasteiger charge is -2.11. The summed E-state index contributed by atoms with van der Waals surface area (Å²) in [4.78, 5) is 24.5. The third-order valence-corrected chi connectivity index (χ3v) is 4.46. The van der Waals surface area contributed by atoms with E-state index in [2.05, 4.69) is 10.6 Å². The maximum Gasteiger partial charge on any atom is 0.255 e. The largest absolute Gasteiger partial charge is 0.496 e. The van der Waals surface area contributed by atoms with Gasteiger partial charge in [0.05, 0.1) is 25.3 Å². The van der Waals surface area contributed by atoms with E-state index in [1.165, 1.54) is 14.2 Å². The smallest absolute Gasteiger partial charge is 0.255 e. The molecular weight excluding hydrogens is 403 g/mol. The highest BCUT2D eigenvalue weighted by Crippen LogP contribution is 2.23. The highest BCUT2D eigenvalue weighted by atomic mass is 35.5. The van der Waals surface area contributed by atoms with E-state index in [1.54, 1.807) is 36.4 Å². The molecule has 2 aromatic carbocycles. The van der Waals surface area contributed by atoms with Crippen molar-refractivity contribution >= 4 is 35.0 Å². The fourth-order valence-electron chi connectivity index (χ4n) is 2.56. The summed E-state index contributed by atoms with van der Waals surface area (Å²) in [6, 6.07) is 9.75. The Balaban J connectivity index is 1.75. The molecule has 0 radical (unpaired) electrons. The molecule has 0 aliphatic rings. The van der Waals surface area contributed by atoms with E-state index in [-0.39, 0.29) is 11.8 Å². The van der Waals surface area contributed by atoms with Crippen LogP contribution >= 0.6 is 23.2 Å². The predicted octanol–water partition coefficient (Wildman–Crippen LogP) is 3.95. The van der Waals surface area contributed by atoms with Crippen LogP contribution in [-0.2, 0) is 0 Å². The molecule has 0 heterocycles. The number of carbonyl (C=O) groups is 2. The van der Waals surface area contributed by atoms with Crippen molar-refractivity contribution in [2.45, 2.75) is 12.8 Å². The number of halogens is 2. The van der Waals surface area contributed by atoms with Gasteiger partial charge in [0.15, 0.2) is 0 Å². The maximum absolute atomic E-state index is 12.3. The van der Waals surface area contributed by atoms with Crippen LogP contribution in [-0.4, -0.2) is 39.1 Å². The molecule has 2 amide bonds. The number of hydrogen-bond donors (Lipinski definition) is 2. The molecule has 8 heteroatoms. The van der Waals surface area contributed by atoms with E-state index in [0.29, 0.717) is 58.6 Å². The minimum absolute atomic E-state index is 0.257. The Kier molecular flexibility index (Phi) is 8.42. The summed E-state index contributed by atoms with van der Waals surface area (Å²) in [5.41, 5.74) is 0.771. The van der Waals surface area contributed by atoms with Crippen molar-refractivity contribution in [1.29, 1.82) is 0 Å². The van der Waals surface area contributed by atoms with Crippen LogP contribution in [0.15, 0.2) is 36.4 Å². The van der Waals surface area contributed by atoms with Crippen LogP contribution < -0.4 is 20.1 Å². The summed E-state index contributed by atoms with van der Waals surface area (Å²) in [5.74, 6) is 0.411. The molecule has 0 aliphatic carbocycles. The number of unbranched alkanes of at least 4 members (excludes halogenated alkanes) is 1. The first-order valence-corrected chi connectivity index (χ1v) is 9.45. The Morgan fingerprint density at radius 3 is 1.54 bits per heavy atom. The summed E-state index contributed by atoms with van der Waals surface area (Å²) in [7, 11) is 3.00. The summed E-state index contributed by atoms with van der Waals surface area (Å²) >= 11 is 11.9. The third-order valence-electron chi connectivity index (χ3n) is 3.99. The number of nitrogens with one attached hydrogen (secondary N) is 2. The molecule has 0 unspecified atom stereocenters. The summed E-state index contributed by atoms with van der Waals surface area (Å²) in [6.07, 6.45) is 1.39. The van der Waals surface area contributed by atoms with Gasteiger partial charge in [0.2, 0.25) is 0 Å². The van der Waals surface area contributed by atoms with Gasteiger partial charge in [-0.15, -0.1) is 0 Å². The average molecular weight is 425 g/mol. The average Bonchev–Trinajstić information content (AvgIpc) is 2.70. The zero-order chi connectivity index (χ0) is 20.5. The van der Waals surface area contributed by atoms with Crippen LogP contribution in [0.25, 0.3) is 0 Å². The highest BCUT2D eigenvalue weighted by molar-refractivity contribution is 6.31. The molecule has 0 aromatic heterocycles. The zero-order valence-electron chi connectivity index (χ0n) is 15.7. The van der Waals surface area contributed by atoms with Crippen LogP contribution in [0.3, 0.4) is 0 Å². The monoisotopic (exact) mass is 424 g/mol. The van der Waals surface area contributed by atoms with Crippen molar-refractivity contribution in [3.05, 3.63) is 57.6 Å². The minimum Gasteiger partial charge on any atom is -0.496 e. The Bertz CT molecular complexity index is 773. The lowest BCUT2D eigenvalue weighted by atomic mass is 10.1. The van der Waals surface area contributed by atoms with Crippen molar-refractivity contribution in [2.75, 3.05) is 27.3 Å². The van der Waals surface area contributed by atoms with Gasteiger partial charge in [0.1, 0.15) is 11.5 Å². The molecule has 0 saturated carbocycles. The number of ether oxygens (including phenoxy) is 2. The van der Waals surface area contributed by atoms with Gasteiger partial charge in [-0.1, -0.05) is 23.2 Å². The highest BCUT2D eigenvalue weighted by Gasteiger charge is 2.13. The number of carbonyl (C=O) groups excluding carboxylic acids is 2. The maximum atomic E-state index is 12.3. The van der Waals surface area contributed by atoms with Gasteiger partial charge in [0, 0.05) is 23.1 Å². The minimum atomic E-state index is -0.257. The molecule has 0 spiro atoms. The van der Waals surface area contributed by atoms with Crippen molar-refractivity contribution in [3.63, 3.8) is 0 Å². The quantitative estimate of drug-likeness (QED) is 0.597. The molecule has 0 atom stereocenters. The van der Waals surface area contributed by atoms with Crippen LogP contribution in [0.1, 0.15) is 33.6 Å². The second-order valence-corrected chi connectivity index (χ2v) is 6.78. The first-order chi connectivity index (χ1) is 13.5. The summed E-state index contributed by atoms with van der Waals surface area (Å²) in [5, 5.41) is 6.56. The van der Waals surface area contributed by atoms with Gasteiger partial charge in [-0.25, -0.2) is 0 Å². The van der Waals surface area contributed by atoms with Crippen molar-refractivity contribution < 1.29 is 19.1 Å². The number of rotatable bonds is 9. The Morgan fingerprint density at radius 1 is 0.786 bits per heavy atom. The van der Waals surface area contributed by atoms with Crippen LogP contribution in [0.5, 0.6) is 11.5 Å². The van der Waals surface area contributed by atoms with Gasteiger partial charge in [-0.05, 0) is 49.2 Å². The van der Waals surface area contributed by atoms with E-state index in [0.717, 1.165) is 0 Å². The Hall–Kier alpha value is -2.44. The topological polar surface area (TPSA) is 76.7 Å². The van der Waals surface area contributed by atoms with E-state index >= 15 is 0 Å². The van der Waals surface area contributed by atoms with Crippen LogP contribution in [0.2, 0.25) is 10.0 Å². The second-order valence-electron chi connectivity index (χ2n) is 5.91.